The molecule has 1 aliphatic rings. The van der Waals surface area contributed by atoms with Gasteiger partial charge in [0.25, 0.3) is 5.91 Å². The summed E-state index contributed by atoms with van der Waals surface area (Å²) in [4.78, 5) is 19.4. The van der Waals surface area contributed by atoms with Gasteiger partial charge in [-0.25, -0.2) is 4.98 Å². The van der Waals surface area contributed by atoms with Crippen molar-refractivity contribution in [2.75, 3.05) is 18.0 Å². The molecule has 1 fully saturated rings. The molecular weight excluding hydrogens is 382 g/mol. The van der Waals surface area contributed by atoms with Crippen molar-refractivity contribution in [2.45, 2.75) is 45.6 Å². The molecule has 1 saturated heterocycles. The molecule has 0 saturated carbocycles. The van der Waals surface area contributed by atoms with Crippen LogP contribution in [0, 0.1) is 0 Å². The zero-order chi connectivity index (χ0) is 17.8. The van der Waals surface area contributed by atoms with E-state index in [4.69, 9.17) is 0 Å². The largest absolute Gasteiger partial charge is 0.356 e. The van der Waals surface area contributed by atoms with E-state index in [1.165, 1.54) is 19.3 Å². The van der Waals surface area contributed by atoms with Gasteiger partial charge in [-0.3, -0.25) is 9.89 Å². The minimum absolute atomic E-state index is 0.191. The first-order valence-electron chi connectivity index (χ1n) is 8.78. The number of piperidine rings is 1. The molecule has 25 heavy (non-hydrogen) atoms. The fourth-order valence-corrected chi connectivity index (χ4v) is 3.91. The standard InChI is InChI=1S/C18H24BrN5O/c1-12(2)15-14(19)16(23-22-15)18(25)21-11-13-7-6-8-20-17(13)24-9-4-3-5-10-24/h6-8,12H,3-5,9-11H2,1-2H3,(H,21,25)(H,22,23). The van der Waals surface area contributed by atoms with Crippen molar-refractivity contribution < 1.29 is 4.79 Å². The van der Waals surface area contributed by atoms with Gasteiger partial charge in [-0.05, 0) is 47.2 Å². The van der Waals surface area contributed by atoms with Crippen LogP contribution in [0.4, 0.5) is 5.82 Å². The highest BCUT2D eigenvalue weighted by Gasteiger charge is 2.20. The number of nitrogens with zero attached hydrogens (tertiary/aromatic N) is 3. The number of amides is 1. The number of rotatable bonds is 5. The monoisotopic (exact) mass is 405 g/mol. The summed E-state index contributed by atoms with van der Waals surface area (Å²) in [6.45, 7) is 6.61. The molecule has 3 heterocycles. The summed E-state index contributed by atoms with van der Waals surface area (Å²) >= 11 is 3.48. The normalized spacial score (nSPS) is 14.8. The van der Waals surface area contributed by atoms with Crippen molar-refractivity contribution in [3.05, 3.63) is 39.8 Å². The number of carbonyl (C=O) groups is 1. The van der Waals surface area contributed by atoms with E-state index in [1.54, 1.807) is 0 Å². The third kappa shape index (κ3) is 4.03. The van der Waals surface area contributed by atoms with Gasteiger partial charge in [-0.15, -0.1) is 0 Å². The highest BCUT2D eigenvalue weighted by atomic mass is 79.9. The Morgan fingerprint density at radius 2 is 2.12 bits per heavy atom. The molecule has 1 amide bonds. The molecule has 0 radical (unpaired) electrons. The molecule has 6 nitrogen and oxygen atoms in total. The Labute approximate surface area is 156 Å². The summed E-state index contributed by atoms with van der Waals surface area (Å²) in [7, 11) is 0. The molecule has 0 aromatic carbocycles. The number of carbonyl (C=O) groups excluding carboxylic acids is 1. The number of H-pyrrole nitrogens is 1. The number of aromatic nitrogens is 3. The van der Waals surface area contributed by atoms with Crippen molar-refractivity contribution in [3.63, 3.8) is 0 Å². The molecule has 2 aromatic rings. The van der Waals surface area contributed by atoms with Crippen molar-refractivity contribution in [1.82, 2.24) is 20.5 Å². The summed E-state index contributed by atoms with van der Waals surface area (Å²) in [5.41, 5.74) is 2.36. The van der Waals surface area contributed by atoms with Gasteiger partial charge < -0.3 is 10.2 Å². The SMILES string of the molecule is CC(C)c1[nH]nc(C(=O)NCc2cccnc2N2CCCCC2)c1Br. The average molecular weight is 406 g/mol. The van der Waals surface area contributed by atoms with Crippen LogP contribution < -0.4 is 10.2 Å². The molecule has 0 atom stereocenters. The van der Waals surface area contributed by atoms with E-state index in [2.05, 4.69) is 55.2 Å². The van der Waals surface area contributed by atoms with Gasteiger partial charge in [-0.1, -0.05) is 19.9 Å². The number of anilines is 1. The highest BCUT2D eigenvalue weighted by molar-refractivity contribution is 9.10. The molecule has 2 N–H and O–H groups in total. The zero-order valence-corrected chi connectivity index (χ0v) is 16.3. The van der Waals surface area contributed by atoms with Crippen LogP contribution in [0.1, 0.15) is 60.8 Å². The number of hydrogen-bond donors (Lipinski definition) is 2. The van der Waals surface area contributed by atoms with Gasteiger partial charge in [0.05, 0.1) is 10.2 Å². The molecule has 7 heteroatoms. The number of hydrogen-bond acceptors (Lipinski definition) is 4. The number of aromatic amines is 1. The molecule has 3 rings (SSSR count). The summed E-state index contributed by atoms with van der Waals surface area (Å²) in [6.07, 6.45) is 5.48. The van der Waals surface area contributed by atoms with Crippen LogP contribution in [0.25, 0.3) is 0 Å². The predicted molar refractivity (Wildman–Crippen MR) is 102 cm³/mol. The second-order valence-electron chi connectivity index (χ2n) is 6.67. The Morgan fingerprint density at radius 3 is 2.80 bits per heavy atom. The molecule has 1 aliphatic heterocycles. The zero-order valence-electron chi connectivity index (χ0n) is 14.7. The Kier molecular flexibility index (Phi) is 5.73. The van der Waals surface area contributed by atoms with Gasteiger partial charge in [0, 0.05) is 31.4 Å². The lowest BCUT2D eigenvalue weighted by molar-refractivity contribution is 0.0945. The summed E-state index contributed by atoms with van der Waals surface area (Å²) in [5, 5.41) is 10.1. The Hall–Kier alpha value is -1.89. The lowest BCUT2D eigenvalue weighted by Crippen LogP contribution is -2.32. The quantitative estimate of drug-likeness (QED) is 0.796. The number of pyridine rings is 1. The van der Waals surface area contributed by atoms with Gasteiger partial charge in [0.2, 0.25) is 0 Å². The summed E-state index contributed by atoms with van der Waals surface area (Å²) < 4.78 is 0.738. The Bertz CT molecular complexity index is 737. The smallest absolute Gasteiger partial charge is 0.273 e. The van der Waals surface area contributed by atoms with Crippen molar-refractivity contribution in [1.29, 1.82) is 0 Å². The second-order valence-corrected chi connectivity index (χ2v) is 7.46. The van der Waals surface area contributed by atoms with E-state index in [-0.39, 0.29) is 11.8 Å². The van der Waals surface area contributed by atoms with Crippen molar-refractivity contribution in [3.8, 4) is 0 Å². The molecule has 0 bridgehead atoms. The maximum absolute atomic E-state index is 12.5. The highest BCUT2D eigenvalue weighted by Crippen LogP contribution is 2.26. The molecule has 134 valence electrons. The van der Waals surface area contributed by atoms with Crippen LogP contribution in [-0.2, 0) is 6.54 Å². The first-order valence-corrected chi connectivity index (χ1v) is 9.58. The van der Waals surface area contributed by atoms with E-state index in [1.807, 2.05) is 18.3 Å². The van der Waals surface area contributed by atoms with Crippen LogP contribution in [0.15, 0.2) is 22.8 Å². The Morgan fingerprint density at radius 1 is 1.36 bits per heavy atom. The second kappa shape index (κ2) is 7.99. The first-order chi connectivity index (χ1) is 12.1. The molecular formula is C18H24BrN5O. The van der Waals surface area contributed by atoms with Crippen LogP contribution in [0.3, 0.4) is 0 Å². The van der Waals surface area contributed by atoms with Crippen LogP contribution in [0.2, 0.25) is 0 Å². The average Bonchev–Trinajstić information content (AvgIpc) is 3.02. The molecule has 0 unspecified atom stereocenters. The molecule has 0 aliphatic carbocycles. The fraction of sp³-hybridized carbons (Fsp3) is 0.500. The van der Waals surface area contributed by atoms with Gasteiger partial charge in [0.1, 0.15) is 5.82 Å². The van der Waals surface area contributed by atoms with E-state index in [9.17, 15) is 4.79 Å². The first kappa shape index (κ1) is 17.9. The number of nitrogens with one attached hydrogen (secondary N) is 2. The minimum Gasteiger partial charge on any atom is -0.356 e. The van der Waals surface area contributed by atoms with E-state index in [0.717, 1.165) is 34.6 Å². The van der Waals surface area contributed by atoms with Crippen LogP contribution in [0.5, 0.6) is 0 Å². The van der Waals surface area contributed by atoms with E-state index in [0.29, 0.717) is 12.2 Å². The lowest BCUT2D eigenvalue weighted by atomic mass is 10.1. The van der Waals surface area contributed by atoms with Crippen molar-refractivity contribution in [2.24, 2.45) is 0 Å². The maximum Gasteiger partial charge on any atom is 0.273 e. The predicted octanol–water partition coefficient (Wildman–Crippen LogP) is 3.61. The minimum atomic E-state index is -0.191. The van der Waals surface area contributed by atoms with Gasteiger partial charge >= 0.3 is 0 Å². The third-order valence-corrected chi connectivity index (χ3v) is 5.29. The molecule has 0 spiro atoms. The van der Waals surface area contributed by atoms with E-state index >= 15 is 0 Å². The third-order valence-electron chi connectivity index (χ3n) is 4.49. The van der Waals surface area contributed by atoms with Crippen molar-refractivity contribution >= 4 is 27.7 Å². The maximum atomic E-state index is 12.5. The van der Waals surface area contributed by atoms with Gasteiger partial charge in [-0.2, -0.15) is 5.10 Å². The fourth-order valence-electron chi connectivity index (χ4n) is 3.09. The van der Waals surface area contributed by atoms with E-state index < -0.39 is 0 Å². The molecule has 2 aromatic heterocycles. The van der Waals surface area contributed by atoms with Crippen LogP contribution in [-0.4, -0.2) is 34.2 Å². The Balaban J connectivity index is 1.70. The number of halogens is 1. The summed E-state index contributed by atoms with van der Waals surface area (Å²) in [6, 6.07) is 3.94. The lowest BCUT2D eigenvalue weighted by Gasteiger charge is -2.29. The topological polar surface area (TPSA) is 73.9 Å². The van der Waals surface area contributed by atoms with Gasteiger partial charge in [0.15, 0.2) is 5.69 Å². The summed E-state index contributed by atoms with van der Waals surface area (Å²) in [5.74, 6) is 1.06. The van der Waals surface area contributed by atoms with Crippen LogP contribution >= 0.6 is 15.9 Å².